The van der Waals surface area contributed by atoms with E-state index in [1.807, 2.05) is 18.2 Å². The number of carbonyl (C=O) groups is 1. The number of fused-ring (bicyclic) bond motifs is 1. The number of aromatic nitrogens is 3. The fraction of sp³-hybridized carbons (Fsp3) is 0. The summed E-state index contributed by atoms with van der Waals surface area (Å²) in [6.07, 6.45) is 3.02. The third kappa shape index (κ3) is 1.79. The maximum atomic E-state index is 11.0. The van der Waals surface area contributed by atoms with Crippen LogP contribution in [0.25, 0.3) is 17.0 Å². The number of imidazole rings is 1. The third-order valence-corrected chi connectivity index (χ3v) is 2.83. The van der Waals surface area contributed by atoms with Gasteiger partial charge < -0.3 is 10.8 Å². The smallest absolute Gasteiger partial charge is 0.356 e. The number of carboxylic acid groups (broad SMARTS) is 1. The van der Waals surface area contributed by atoms with E-state index in [4.69, 9.17) is 10.8 Å². The summed E-state index contributed by atoms with van der Waals surface area (Å²) in [6.45, 7) is 0. The number of nitrogens with zero attached hydrogens (tertiary/aromatic N) is 3. The van der Waals surface area contributed by atoms with Gasteiger partial charge in [-0.05, 0) is 12.1 Å². The molecule has 6 heteroatoms. The fourth-order valence-corrected chi connectivity index (χ4v) is 1.95. The van der Waals surface area contributed by atoms with Crippen LogP contribution in [0.1, 0.15) is 10.5 Å². The molecule has 0 unspecified atom stereocenters. The maximum Gasteiger partial charge on any atom is 0.356 e. The van der Waals surface area contributed by atoms with Crippen LogP contribution in [0.3, 0.4) is 0 Å². The van der Waals surface area contributed by atoms with Crippen LogP contribution in [0.2, 0.25) is 0 Å². The van der Waals surface area contributed by atoms with Crippen molar-refractivity contribution in [2.24, 2.45) is 0 Å². The lowest BCUT2D eigenvalue weighted by molar-refractivity contribution is 0.0691. The number of hydrogen-bond donors (Lipinski definition) is 2. The van der Waals surface area contributed by atoms with Gasteiger partial charge in [-0.2, -0.15) is 0 Å². The second-order valence-corrected chi connectivity index (χ2v) is 4.02. The van der Waals surface area contributed by atoms with Crippen molar-refractivity contribution in [2.45, 2.75) is 0 Å². The highest BCUT2D eigenvalue weighted by atomic mass is 16.4. The molecule has 0 bridgehead atoms. The normalized spacial score (nSPS) is 10.7. The predicted octanol–water partition coefficient (Wildman–Crippen LogP) is 1.68. The monoisotopic (exact) mass is 254 g/mol. The highest BCUT2D eigenvalue weighted by molar-refractivity contribution is 5.86. The Hall–Kier alpha value is -2.89. The summed E-state index contributed by atoms with van der Waals surface area (Å²) >= 11 is 0. The minimum atomic E-state index is -1.09. The van der Waals surface area contributed by atoms with Gasteiger partial charge in [-0.1, -0.05) is 18.2 Å². The van der Waals surface area contributed by atoms with Crippen LogP contribution in [0.5, 0.6) is 0 Å². The molecule has 94 valence electrons. The Morgan fingerprint density at radius 1 is 1.26 bits per heavy atom. The Bertz CT molecular complexity index is 779. The van der Waals surface area contributed by atoms with Crippen molar-refractivity contribution in [1.29, 1.82) is 0 Å². The van der Waals surface area contributed by atoms with Gasteiger partial charge in [0.1, 0.15) is 0 Å². The van der Waals surface area contributed by atoms with Gasteiger partial charge in [0.25, 0.3) is 0 Å². The molecule has 0 atom stereocenters. The summed E-state index contributed by atoms with van der Waals surface area (Å²) in [5.74, 6) is -0.754. The zero-order valence-corrected chi connectivity index (χ0v) is 9.82. The van der Waals surface area contributed by atoms with Crippen molar-refractivity contribution in [3.05, 3.63) is 48.4 Å². The van der Waals surface area contributed by atoms with Crippen LogP contribution >= 0.6 is 0 Å². The van der Waals surface area contributed by atoms with Gasteiger partial charge in [0, 0.05) is 23.6 Å². The van der Waals surface area contributed by atoms with E-state index in [2.05, 4.69) is 9.97 Å². The van der Waals surface area contributed by atoms with Crippen molar-refractivity contribution in [2.75, 3.05) is 5.73 Å². The molecule has 3 rings (SSSR count). The number of carboxylic acids is 1. The summed E-state index contributed by atoms with van der Waals surface area (Å²) in [4.78, 5) is 18.9. The Morgan fingerprint density at radius 2 is 2.05 bits per heavy atom. The van der Waals surface area contributed by atoms with E-state index in [0.29, 0.717) is 11.5 Å². The third-order valence-electron chi connectivity index (χ3n) is 2.83. The number of anilines is 1. The number of aromatic carboxylic acids is 1. The van der Waals surface area contributed by atoms with Crippen LogP contribution in [0, 0.1) is 0 Å². The molecule has 2 aromatic heterocycles. The summed E-state index contributed by atoms with van der Waals surface area (Å²) in [5, 5.41) is 8.97. The van der Waals surface area contributed by atoms with Gasteiger partial charge in [-0.3, -0.25) is 4.40 Å². The molecule has 0 saturated carbocycles. The van der Waals surface area contributed by atoms with Crippen LogP contribution < -0.4 is 5.73 Å². The summed E-state index contributed by atoms with van der Waals surface area (Å²) < 4.78 is 1.62. The molecule has 0 aliphatic rings. The Kier molecular flexibility index (Phi) is 2.42. The van der Waals surface area contributed by atoms with Crippen LogP contribution in [-0.4, -0.2) is 25.4 Å². The standard InChI is InChI=1S/C13H10N4O2/c14-9-4-2-1-3-8(9)11-5-6-15-13-16-10(12(18)19)7-17(11)13/h1-7H,14H2,(H,18,19). The summed E-state index contributed by atoms with van der Waals surface area (Å²) in [5.41, 5.74) is 8.07. The van der Waals surface area contributed by atoms with Crippen LogP contribution in [-0.2, 0) is 0 Å². The van der Waals surface area contributed by atoms with Gasteiger partial charge >= 0.3 is 5.97 Å². The predicted molar refractivity (Wildman–Crippen MR) is 69.8 cm³/mol. The molecular formula is C13H10N4O2. The lowest BCUT2D eigenvalue weighted by atomic mass is 10.1. The molecule has 0 aliphatic carbocycles. The minimum absolute atomic E-state index is 0.0468. The minimum Gasteiger partial charge on any atom is -0.476 e. The molecule has 6 nitrogen and oxygen atoms in total. The topological polar surface area (TPSA) is 93.5 Å². The number of nitrogens with two attached hydrogens (primary N) is 1. The Morgan fingerprint density at radius 3 is 2.79 bits per heavy atom. The molecule has 3 N–H and O–H groups in total. The Labute approximate surface area is 108 Å². The molecule has 0 radical (unpaired) electrons. The highest BCUT2D eigenvalue weighted by Gasteiger charge is 2.13. The zero-order chi connectivity index (χ0) is 13.4. The second-order valence-electron chi connectivity index (χ2n) is 4.02. The zero-order valence-electron chi connectivity index (χ0n) is 9.82. The fourth-order valence-electron chi connectivity index (χ4n) is 1.95. The maximum absolute atomic E-state index is 11.0. The number of para-hydroxylation sites is 1. The average molecular weight is 254 g/mol. The summed E-state index contributed by atoms with van der Waals surface area (Å²) in [6, 6.07) is 9.13. The quantitative estimate of drug-likeness (QED) is 0.678. The van der Waals surface area contributed by atoms with Gasteiger partial charge in [0.2, 0.25) is 5.78 Å². The number of benzene rings is 1. The van der Waals surface area contributed by atoms with Crippen molar-refractivity contribution < 1.29 is 9.90 Å². The van der Waals surface area contributed by atoms with Gasteiger partial charge in [-0.15, -0.1) is 0 Å². The van der Waals surface area contributed by atoms with E-state index < -0.39 is 5.97 Å². The molecule has 2 heterocycles. The first-order valence-electron chi connectivity index (χ1n) is 5.59. The second kappa shape index (κ2) is 4.09. The van der Waals surface area contributed by atoms with Crippen molar-refractivity contribution in [3.63, 3.8) is 0 Å². The molecule has 3 aromatic rings. The van der Waals surface area contributed by atoms with E-state index in [1.54, 1.807) is 22.7 Å². The molecule has 1 aromatic carbocycles. The number of nitrogen functional groups attached to an aromatic ring is 1. The van der Waals surface area contributed by atoms with E-state index >= 15 is 0 Å². The lowest BCUT2D eigenvalue weighted by Crippen LogP contribution is -1.96. The molecule has 0 amide bonds. The van der Waals surface area contributed by atoms with E-state index in [-0.39, 0.29) is 5.69 Å². The van der Waals surface area contributed by atoms with E-state index in [0.717, 1.165) is 11.3 Å². The number of rotatable bonds is 2. The van der Waals surface area contributed by atoms with Gasteiger partial charge in [-0.25, -0.2) is 14.8 Å². The van der Waals surface area contributed by atoms with Crippen molar-refractivity contribution in [1.82, 2.24) is 14.4 Å². The van der Waals surface area contributed by atoms with Crippen LogP contribution in [0.4, 0.5) is 5.69 Å². The first kappa shape index (κ1) is 11.2. The van der Waals surface area contributed by atoms with E-state index in [9.17, 15) is 4.79 Å². The first-order valence-corrected chi connectivity index (χ1v) is 5.59. The Balaban J connectivity index is 2.30. The lowest BCUT2D eigenvalue weighted by Gasteiger charge is -2.07. The molecule has 19 heavy (non-hydrogen) atoms. The van der Waals surface area contributed by atoms with Crippen molar-refractivity contribution in [3.8, 4) is 11.3 Å². The molecule has 0 aliphatic heterocycles. The molecular weight excluding hydrogens is 244 g/mol. The number of hydrogen-bond acceptors (Lipinski definition) is 4. The van der Waals surface area contributed by atoms with E-state index in [1.165, 1.54) is 6.20 Å². The van der Waals surface area contributed by atoms with Gasteiger partial charge in [0.15, 0.2) is 5.69 Å². The first-order chi connectivity index (χ1) is 9.16. The summed E-state index contributed by atoms with van der Waals surface area (Å²) in [7, 11) is 0. The molecule has 0 spiro atoms. The van der Waals surface area contributed by atoms with Crippen LogP contribution in [0.15, 0.2) is 42.7 Å². The average Bonchev–Trinajstić information content (AvgIpc) is 2.83. The van der Waals surface area contributed by atoms with Gasteiger partial charge in [0.05, 0.1) is 5.69 Å². The molecule has 0 fully saturated rings. The largest absolute Gasteiger partial charge is 0.476 e. The van der Waals surface area contributed by atoms with Crippen molar-refractivity contribution >= 4 is 17.4 Å². The molecule has 0 saturated heterocycles. The highest BCUT2D eigenvalue weighted by Crippen LogP contribution is 2.25. The SMILES string of the molecule is Nc1ccccc1-c1ccnc2nc(C(=O)O)cn12.